The first-order valence-electron chi connectivity index (χ1n) is 12.4. The van der Waals surface area contributed by atoms with Crippen molar-refractivity contribution in [2.45, 2.75) is 66.6 Å². The van der Waals surface area contributed by atoms with Crippen molar-refractivity contribution >= 4 is 11.8 Å². The predicted molar refractivity (Wildman–Crippen MR) is 139 cm³/mol. The molecule has 0 aliphatic carbocycles. The summed E-state index contributed by atoms with van der Waals surface area (Å²) in [6.45, 7) is 12.1. The molecule has 0 saturated carbocycles. The van der Waals surface area contributed by atoms with Gasteiger partial charge in [-0.1, -0.05) is 39.8 Å². The largest absolute Gasteiger partial charge is 0.497 e. The molecule has 0 fully saturated rings. The van der Waals surface area contributed by atoms with Crippen LogP contribution in [0.4, 0.5) is 0 Å². The molecule has 1 aromatic heterocycles. The molecule has 7 nitrogen and oxygen atoms in total. The number of aromatic nitrogens is 1. The number of nitrogens with zero attached hydrogens (tertiary/aromatic N) is 3. The molecule has 194 valence electrons. The van der Waals surface area contributed by atoms with Gasteiger partial charge in [0.2, 0.25) is 11.8 Å². The molecule has 0 saturated heterocycles. The quantitative estimate of drug-likeness (QED) is 0.390. The third-order valence-corrected chi connectivity index (χ3v) is 6.22. The Morgan fingerprint density at radius 1 is 1.11 bits per heavy atom. The van der Waals surface area contributed by atoms with Crippen molar-refractivity contribution in [3.05, 3.63) is 53.9 Å². The zero-order valence-electron chi connectivity index (χ0n) is 22.5. The van der Waals surface area contributed by atoms with Crippen molar-refractivity contribution in [2.75, 3.05) is 33.9 Å². The molecule has 0 bridgehead atoms. The number of benzene rings is 1. The zero-order valence-corrected chi connectivity index (χ0v) is 22.5. The SMILES string of the molecule is CCC(C)N(Cc1cccn1Cc1cccc(OC)c1)C(=O)CN(CCCOC)C(=O)C(C)(C)C. The lowest BCUT2D eigenvalue weighted by Gasteiger charge is -2.34. The molecule has 2 rings (SSSR count). The molecule has 0 radical (unpaired) electrons. The maximum absolute atomic E-state index is 13.6. The summed E-state index contributed by atoms with van der Waals surface area (Å²) in [6.07, 6.45) is 3.56. The average Bonchev–Trinajstić information content (AvgIpc) is 3.26. The summed E-state index contributed by atoms with van der Waals surface area (Å²) in [4.78, 5) is 30.2. The summed E-state index contributed by atoms with van der Waals surface area (Å²) in [5, 5.41) is 0. The van der Waals surface area contributed by atoms with E-state index in [1.54, 1.807) is 19.1 Å². The Morgan fingerprint density at radius 2 is 1.86 bits per heavy atom. The van der Waals surface area contributed by atoms with E-state index in [2.05, 4.69) is 30.5 Å². The van der Waals surface area contributed by atoms with Crippen LogP contribution < -0.4 is 4.74 Å². The van der Waals surface area contributed by atoms with E-state index in [1.807, 2.05) is 56.1 Å². The number of carbonyl (C=O) groups excluding carboxylic acids is 2. The topological polar surface area (TPSA) is 64.0 Å². The normalized spacial score (nSPS) is 12.3. The minimum atomic E-state index is -0.556. The van der Waals surface area contributed by atoms with Crippen LogP contribution in [-0.2, 0) is 27.4 Å². The van der Waals surface area contributed by atoms with Gasteiger partial charge in [-0.3, -0.25) is 9.59 Å². The van der Waals surface area contributed by atoms with Crippen LogP contribution in [0.15, 0.2) is 42.6 Å². The first-order valence-corrected chi connectivity index (χ1v) is 12.4. The average molecular weight is 486 g/mol. The van der Waals surface area contributed by atoms with Crippen molar-refractivity contribution in [3.63, 3.8) is 0 Å². The molecule has 0 spiro atoms. The minimum absolute atomic E-state index is 0.0209. The zero-order chi connectivity index (χ0) is 26.0. The monoisotopic (exact) mass is 485 g/mol. The van der Waals surface area contributed by atoms with Gasteiger partial charge in [0.1, 0.15) is 5.75 Å². The minimum Gasteiger partial charge on any atom is -0.497 e. The predicted octanol–water partition coefficient (Wildman–Crippen LogP) is 4.58. The Kier molecular flexibility index (Phi) is 10.8. The molecule has 0 N–H and O–H groups in total. The molecule has 1 unspecified atom stereocenters. The lowest BCUT2D eigenvalue weighted by atomic mass is 9.94. The van der Waals surface area contributed by atoms with Gasteiger partial charge in [-0.15, -0.1) is 0 Å². The van der Waals surface area contributed by atoms with Gasteiger partial charge in [-0.2, -0.15) is 0 Å². The fourth-order valence-corrected chi connectivity index (χ4v) is 3.98. The highest BCUT2D eigenvalue weighted by molar-refractivity contribution is 5.87. The Labute approximate surface area is 211 Å². The van der Waals surface area contributed by atoms with Crippen LogP contribution in [0.25, 0.3) is 0 Å². The van der Waals surface area contributed by atoms with E-state index < -0.39 is 5.41 Å². The van der Waals surface area contributed by atoms with Gasteiger partial charge in [0.25, 0.3) is 0 Å². The molecule has 0 aliphatic heterocycles. The first-order chi connectivity index (χ1) is 16.6. The fraction of sp³-hybridized carbons (Fsp3) is 0.571. The maximum atomic E-state index is 13.6. The van der Waals surface area contributed by atoms with E-state index in [0.717, 1.165) is 23.4 Å². The summed E-state index contributed by atoms with van der Waals surface area (Å²) in [6, 6.07) is 12.1. The van der Waals surface area contributed by atoms with E-state index in [1.165, 1.54) is 0 Å². The van der Waals surface area contributed by atoms with Crippen LogP contribution in [-0.4, -0.2) is 66.1 Å². The number of hydrogen-bond acceptors (Lipinski definition) is 4. The molecule has 1 atom stereocenters. The number of carbonyl (C=O) groups is 2. The standard InChI is InChI=1S/C28H43N3O4/c1-8-22(2)31(26(32)21-30(16-11-17-34-6)27(33)28(3,4)5)20-24-13-10-15-29(24)19-23-12-9-14-25(18-23)35-7/h9-10,12-15,18,22H,8,11,16-17,19-21H2,1-7H3. The summed E-state index contributed by atoms with van der Waals surface area (Å²) in [7, 11) is 3.31. The second kappa shape index (κ2) is 13.3. The summed E-state index contributed by atoms with van der Waals surface area (Å²) in [5.74, 6) is 0.764. The number of amides is 2. The third kappa shape index (κ3) is 8.42. The molecule has 7 heteroatoms. The van der Waals surface area contributed by atoms with Gasteiger partial charge in [-0.05, 0) is 49.6 Å². The van der Waals surface area contributed by atoms with Gasteiger partial charge in [0.15, 0.2) is 0 Å². The number of ether oxygens (including phenoxy) is 2. The van der Waals surface area contributed by atoms with Crippen LogP contribution in [0.1, 0.15) is 58.7 Å². The van der Waals surface area contributed by atoms with Crippen LogP contribution in [0, 0.1) is 5.41 Å². The second-order valence-electron chi connectivity index (χ2n) is 10.1. The summed E-state index contributed by atoms with van der Waals surface area (Å²) >= 11 is 0. The Hall–Kier alpha value is -2.80. The fourth-order valence-electron chi connectivity index (χ4n) is 3.98. The first kappa shape index (κ1) is 28.4. The number of rotatable bonds is 13. The van der Waals surface area contributed by atoms with Crippen molar-refractivity contribution in [1.82, 2.24) is 14.4 Å². The van der Waals surface area contributed by atoms with E-state index >= 15 is 0 Å². The lowest BCUT2D eigenvalue weighted by molar-refractivity contribution is -0.147. The van der Waals surface area contributed by atoms with Crippen molar-refractivity contribution < 1.29 is 19.1 Å². The van der Waals surface area contributed by atoms with Crippen LogP contribution in [0.3, 0.4) is 0 Å². The van der Waals surface area contributed by atoms with E-state index in [9.17, 15) is 9.59 Å². The lowest BCUT2D eigenvalue weighted by Crippen LogP contribution is -2.49. The second-order valence-corrected chi connectivity index (χ2v) is 10.1. The smallest absolute Gasteiger partial charge is 0.242 e. The van der Waals surface area contributed by atoms with E-state index in [4.69, 9.17) is 9.47 Å². The molecule has 1 heterocycles. The van der Waals surface area contributed by atoms with Gasteiger partial charge in [0, 0.05) is 50.2 Å². The summed E-state index contributed by atoms with van der Waals surface area (Å²) < 4.78 is 12.7. The third-order valence-electron chi connectivity index (χ3n) is 6.22. The van der Waals surface area contributed by atoms with Gasteiger partial charge in [0.05, 0.1) is 20.2 Å². The van der Waals surface area contributed by atoms with E-state index in [0.29, 0.717) is 32.7 Å². The van der Waals surface area contributed by atoms with Gasteiger partial charge < -0.3 is 23.8 Å². The molecule has 2 aromatic rings. The van der Waals surface area contributed by atoms with Crippen molar-refractivity contribution in [3.8, 4) is 5.75 Å². The maximum Gasteiger partial charge on any atom is 0.242 e. The van der Waals surface area contributed by atoms with Gasteiger partial charge >= 0.3 is 0 Å². The summed E-state index contributed by atoms with van der Waals surface area (Å²) in [5.41, 5.74) is 1.62. The Balaban J connectivity index is 2.21. The van der Waals surface area contributed by atoms with Crippen molar-refractivity contribution in [2.24, 2.45) is 5.41 Å². The Morgan fingerprint density at radius 3 is 2.49 bits per heavy atom. The molecule has 0 aliphatic rings. The molecular weight excluding hydrogens is 442 g/mol. The van der Waals surface area contributed by atoms with Crippen molar-refractivity contribution in [1.29, 1.82) is 0 Å². The molecule has 2 amide bonds. The number of methoxy groups -OCH3 is 2. The van der Waals surface area contributed by atoms with Crippen LogP contribution in [0.5, 0.6) is 5.75 Å². The molecule has 35 heavy (non-hydrogen) atoms. The highest BCUT2D eigenvalue weighted by Crippen LogP contribution is 2.20. The van der Waals surface area contributed by atoms with E-state index in [-0.39, 0.29) is 24.4 Å². The molecular formula is C28H43N3O4. The van der Waals surface area contributed by atoms with Gasteiger partial charge in [-0.25, -0.2) is 0 Å². The highest BCUT2D eigenvalue weighted by atomic mass is 16.5. The van der Waals surface area contributed by atoms with Crippen LogP contribution >= 0.6 is 0 Å². The highest BCUT2D eigenvalue weighted by Gasteiger charge is 2.30. The Bertz CT molecular complexity index is 948. The van der Waals surface area contributed by atoms with Crippen LogP contribution in [0.2, 0.25) is 0 Å². The molecule has 1 aromatic carbocycles. The number of hydrogen-bond donors (Lipinski definition) is 0.